The van der Waals surface area contributed by atoms with E-state index in [1.807, 2.05) is 0 Å². The van der Waals surface area contributed by atoms with Gasteiger partial charge in [0, 0.05) is 0 Å². The molecule has 0 aromatic heterocycles. The maximum atomic E-state index is 2.46. The van der Waals surface area contributed by atoms with E-state index in [1.54, 1.807) is 0 Å². The van der Waals surface area contributed by atoms with Crippen LogP contribution in [0.15, 0.2) is 30.3 Å². The van der Waals surface area contributed by atoms with Gasteiger partial charge in [-0.25, -0.2) is 0 Å². The number of hydrogen-bond acceptors (Lipinski definition) is 0. The van der Waals surface area contributed by atoms with Crippen LogP contribution in [0.1, 0.15) is 12.5 Å². The van der Waals surface area contributed by atoms with E-state index in [0.29, 0.717) is 0 Å². The highest BCUT2D eigenvalue weighted by Crippen LogP contribution is 2.15. The van der Waals surface area contributed by atoms with E-state index < -0.39 is 8.07 Å². The van der Waals surface area contributed by atoms with Crippen molar-refractivity contribution in [3.8, 4) is 0 Å². The molecule has 0 unspecified atom stereocenters. The molecule has 0 radical (unpaired) electrons. The first-order chi connectivity index (χ1) is 5.64. The summed E-state index contributed by atoms with van der Waals surface area (Å²) in [5.41, 5.74) is 1.51. The summed E-state index contributed by atoms with van der Waals surface area (Å²) in [7, 11) is -0.918. The Hall–Kier alpha value is -0.563. The molecule has 1 heteroatoms. The zero-order chi connectivity index (χ0) is 9.03. The summed E-state index contributed by atoms with van der Waals surface area (Å²) in [5.74, 6) is 0. The van der Waals surface area contributed by atoms with E-state index in [1.165, 1.54) is 17.7 Å². The molecule has 0 heterocycles. The lowest BCUT2D eigenvalue weighted by Crippen LogP contribution is -2.27. The van der Waals surface area contributed by atoms with Gasteiger partial charge in [0.1, 0.15) is 0 Å². The van der Waals surface area contributed by atoms with Crippen molar-refractivity contribution in [1.29, 1.82) is 0 Å². The Morgan fingerprint density at radius 1 is 1.08 bits per heavy atom. The molecule has 0 nitrogen and oxygen atoms in total. The average molecular weight is 178 g/mol. The second-order valence-corrected chi connectivity index (χ2v) is 9.57. The van der Waals surface area contributed by atoms with Crippen molar-refractivity contribution in [3.05, 3.63) is 35.9 Å². The van der Waals surface area contributed by atoms with E-state index in [-0.39, 0.29) is 0 Å². The molecule has 0 spiro atoms. The molecule has 1 aromatic carbocycles. The minimum Gasteiger partial charge on any atom is -0.0691 e. The van der Waals surface area contributed by atoms with Gasteiger partial charge in [-0.1, -0.05) is 62.0 Å². The second kappa shape index (κ2) is 3.90. The normalized spacial score (nSPS) is 11.6. The molecule has 1 aromatic rings. The maximum absolute atomic E-state index is 2.46. The van der Waals surface area contributed by atoms with Gasteiger partial charge in [-0.15, -0.1) is 0 Å². The third kappa shape index (κ3) is 2.82. The van der Waals surface area contributed by atoms with Crippen LogP contribution in [0.25, 0.3) is 0 Å². The zero-order valence-electron chi connectivity index (χ0n) is 8.30. The van der Waals surface area contributed by atoms with Gasteiger partial charge in [0.15, 0.2) is 0 Å². The lowest BCUT2D eigenvalue weighted by Gasteiger charge is -2.19. The Morgan fingerprint density at radius 2 is 1.67 bits per heavy atom. The highest BCUT2D eigenvalue weighted by Gasteiger charge is 2.17. The summed E-state index contributed by atoms with van der Waals surface area (Å²) in [6.45, 7) is 7.23. The molecule has 0 aliphatic carbocycles. The first-order valence-electron chi connectivity index (χ1n) is 4.68. The van der Waals surface area contributed by atoms with Gasteiger partial charge in [0.25, 0.3) is 0 Å². The van der Waals surface area contributed by atoms with Crippen LogP contribution >= 0.6 is 0 Å². The molecular formula is C11H18Si. The van der Waals surface area contributed by atoms with Crippen LogP contribution < -0.4 is 0 Å². The average Bonchev–Trinajstić information content (AvgIpc) is 2.06. The van der Waals surface area contributed by atoms with Crippen LogP contribution in [0.3, 0.4) is 0 Å². The molecular weight excluding hydrogens is 160 g/mol. The van der Waals surface area contributed by atoms with Crippen LogP contribution in [0, 0.1) is 0 Å². The molecule has 1 rings (SSSR count). The predicted molar refractivity (Wildman–Crippen MR) is 58.1 cm³/mol. The SMILES string of the molecule is CC[Si](C)(C)Cc1ccccc1. The summed E-state index contributed by atoms with van der Waals surface area (Å²) in [5, 5.41) is 0. The zero-order valence-corrected chi connectivity index (χ0v) is 9.30. The van der Waals surface area contributed by atoms with Gasteiger partial charge < -0.3 is 0 Å². The lowest BCUT2D eigenvalue weighted by atomic mass is 10.2. The topological polar surface area (TPSA) is 0 Å². The van der Waals surface area contributed by atoms with Crippen LogP contribution in [-0.4, -0.2) is 8.07 Å². The van der Waals surface area contributed by atoms with E-state index in [9.17, 15) is 0 Å². The van der Waals surface area contributed by atoms with Gasteiger partial charge in [-0.3, -0.25) is 0 Å². The van der Waals surface area contributed by atoms with Gasteiger partial charge in [-0.05, 0) is 6.04 Å². The molecule has 0 aliphatic rings. The Bertz CT molecular complexity index is 226. The van der Waals surface area contributed by atoms with Crippen LogP contribution in [-0.2, 0) is 6.04 Å². The Balaban J connectivity index is 2.64. The predicted octanol–water partition coefficient (Wildman–Crippen LogP) is 3.50. The number of benzene rings is 1. The van der Waals surface area contributed by atoms with E-state index >= 15 is 0 Å². The highest BCUT2D eigenvalue weighted by molar-refractivity contribution is 6.76. The third-order valence-electron chi connectivity index (χ3n) is 2.48. The molecule has 0 saturated carbocycles. The lowest BCUT2D eigenvalue weighted by molar-refractivity contribution is 1.23. The van der Waals surface area contributed by atoms with Gasteiger partial charge in [0.05, 0.1) is 8.07 Å². The van der Waals surface area contributed by atoms with Crippen molar-refractivity contribution in [2.75, 3.05) is 0 Å². The molecule has 0 atom stereocenters. The monoisotopic (exact) mass is 178 g/mol. The minimum atomic E-state index is -0.918. The molecule has 12 heavy (non-hydrogen) atoms. The van der Waals surface area contributed by atoms with Crippen molar-refractivity contribution in [3.63, 3.8) is 0 Å². The summed E-state index contributed by atoms with van der Waals surface area (Å²) in [6.07, 6.45) is 0. The second-order valence-electron chi connectivity index (χ2n) is 4.18. The first kappa shape index (κ1) is 9.52. The summed E-state index contributed by atoms with van der Waals surface area (Å²) in [4.78, 5) is 0. The van der Waals surface area contributed by atoms with E-state index in [4.69, 9.17) is 0 Å². The van der Waals surface area contributed by atoms with Crippen molar-refractivity contribution in [1.82, 2.24) is 0 Å². The number of hydrogen-bond donors (Lipinski definition) is 0. The fourth-order valence-electron chi connectivity index (χ4n) is 1.27. The van der Waals surface area contributed by atoms with Crippen molar-refractivity contribution in [2.45, 2.75) is 32.1 Å². The minimum absolute atomic E-state index is 0.918. The van der Waals surface area contributed by atoms with Crippen molar-refractivity contribution >= 4 is 8.07 Å². The summed E-state index contributed by atoms with van der Waals surface area (Å²) in [6, 6.07) is 13.5. The Morgan fingerprint density at radius 3 is 2.17 bits per heavy atom. The quantitative estimate of drug-likeness (QED) is 0.621. The summed E-state index contributed by atoms with van der Waals surface area (Å²) < 4.78 is 0. The first-order valence-corrected chi connectivity index (χ1v) is 8.09. The van der Waals surface area contributed by atoms with Gasteiger partial charge in [-0.2, -0.15) is 0 Å². The van der Waals surface area contributed by atoms with Gasteiger partial charge in [0.2, 0.25) is 0 Å². The number of rotatable bonds is 3. The van der Waals surface area contributed by atoms with Crippen LogP contribution in [0.2, 0.25) is 19.1 Å². The van der Waals surface area contributed by atoms with E-state index in [0.717, 1.165) is 0 Å². The van der Waals surface area contributed by atoms with Crippen LogP contribution in [0.4, 0.5) is 0 Å². The highest BCUT2D eigenvalue weighted by atomic mass is 28.3. The van der Waals surface area contributed by atoms with Crippen molar-refractivity contribution < 1.29 is 0 Å². The molecule has 0 amide bonds. The molecule has 0 fully saturated rings. The third-order valence-corrected chi connectivity index (χ3v) is 5.76. The molecule has 0 bridgehead atoms. The van der Waals surface area contributed by atoms with Gasteiger partial charge >= 0.3 is 0 Å². The Labute approximate surface area is 76.6 Å². The Kier molecular flexibility index (Phi) is 3.10. The fraction of sp³-hybridized carbons (Fsp3) is 0.455. The molecule has 66 valence electrons. The van der Waals surface area contributed by atoms with Crippen molar-refractivity contribution in [2.24, 2.45) is 0 Å². The fourth-order valence-corrected chi connectivity index (χ4v) is 2.86. The standard InChI is InChI=1S/C11H18Si/c1-4-12(2,3)10-11-8-6-5-7-9-11/h5-9H,4,10H2,1-3H3. The molecule has 0 aliphatic heterocycles. The maximum Gasteiger partial charge on any atom is 0.0515 e. The van der Waals surface area contributed by atoms with Crippen LogP contribution in [0.5, 0.6) is 0 Å². The molecule has 0 N–H and O–H groups in total. The molecule has 0 saturated heterocycles. The smallest absolute Gasteiger partial charge is 0.0515 e. The largest absolute Gasteiger partial charge is 0.0691 e. The van der Waals surface area contributed by atoms with E-state index in [2.05, 4.69) is 50.3 Å². The summed E-state index contributed by atoms with van der Waals surface area (Å²) >= 11 is 0.